The molecule has 0 unspecified atom stereocenters. The van der Waals surface area contributed by atoms with Gasteiger partial charge in [-0.2, -0.15) is 13.2 Å². The van der Waals surface area contributed by atoms with Gasteiger partial charge in [0.1, 0.15) is 17.7 Å². The van der Waals surface area contributed by atoms with E-state index in [1.807, 2.05) is 0 Å². The lowest BCUT2D eigenvalue weighted by atomic mass is 10.1. The van der Waals surface area contributed by atoms with E-state index in [0.29, 0.717) is 19.4 Å². The second kappa shape index (κ2) is 10.2. The zero-order chi connectivity index (χ0) is 28.8. The fourth-order valence-electron chi connectivity index (χ4n) is 3.93. The third-order valence-electron chi connectivity index (χ3n) is 6.32. The highest BCUT2D eigenvalue weighted by Crippen LogP contribution is 2.43. The molecular formula is C25H27F4N3O6S. The number of rotatable bonds is 7. The van der Waals surface area contributed by atoms with Crippen molar-refractivity contribution >= 4 is 33.4 Å². The molecule has 4 rings (SSSR count). The van der Waals surface area contributed by atoms with Crippen LogP contribution < -0.4 is 19.7 Å². The van der Waals surface area contributed by atoms with Crippen LogP contribution in [-0.4, -0.2) is 51.4 Å². The van der Waals surface area contributed by atoms with E-state index in [4.69, 9.17) is 4.74 Å². The molecule has 1 fully saturated rings. The molecule has 2 aliphatic rings. The normalized spacial score (nSPS) is 17.6. The second-order valence-electron chi connectivity index (χ2n) is 9.88. The smallest absolute Gasteiger partial charge is 0.427 e. The molecule has 2 N–H and O–H groups in total. The molecule has 14 heteroatoms. The summed E-state index contributed by atoms with van der Waals surface area (Å²) in [4.78, 5) is 23.5. The predicted molar refractivity (Wildman–Crippen MR) is 133 cm³/mol. The highest BCUT2D eigenvalue weighted by Gasteiger charge is 2.51. The fourth-order valence-corrected chi connectivity index (χ4v) is 5.47. The van der Waals surface area contributed by atoms with Gasteiger partial charge in [-0.15, -0.1) is 0 Å². The van der Waals surface area contributed by atoms with E-state index in [9.17, 15) is 35.6 Å². The summed E-state index contributed by atoms with van der Waals surface area (Å²) < 4.78 is 92.6. The van der Waals surface area contributed by atoms with Crippen molar-refractivity contribution in [2.75, 3.05) is 22.7 Å². The quantitative estimate of drug-likeness (QED) is 0.465. The predicted octanol–water partition coefficient (Wildman–Crippen LogP) is 4.68. The summed E-state index contributed by atoms with van der Waals surface area (Å²) in [5, 5.41) is 4.75. The largest absolute Gasteiger partial charge is 0.484 e. The molecule has 9 nitrogen and oxygen atoms in total. The number of sulfonamides is 1. The summed E-state index contributed by atoms with van der Waals surface area (Å²) in [5.74, 6) is -0.841. The van der Waals surface area contributed by atoms with Gasteiger partial charge in [-0.3, -0.25) is 14.4 Å². The van der Waals surface area contributed by atoms with Gasteiger partial charge in [0.2, 0.25) is 11.5 Å². The van der Waals surface area contributed by atoms with E-state index >= 15 is 0 Å². The van der Waals surface area contributed by atoms with Crippen LogP contribution in [0.25, 0.3) is 0 Å². The van der Waals surface area contributed by atoms with Crippen molar-refractivity contribution in [3.63, 3.8) is 0 Å². The second-order valence-corrected chi connectivity index (χ2v) is 11.7. The Morgan fingerprint density at radius 1 is 1.13 bits per heavy atom. The average Bonchev–Trinajstić information content (AvgIpc) is 3.66. The molecule has 2 aromatic rings. The lowest BCUT2D eigenvalue weighted by Gasteiger charge is -2.36. The van der Waals surface area contributed by atoms with Crippen LogP contribution in [0.1, 0.15) is 45.1 Å². The maximum atomic E-state index is 14.3. The van der Waals surface area contributed by atoms with Crippen LogP contribution in [0.15, 0.2) is 41.3 Å². The first-order valence-electron chi connectivity index (χ1n) is 12.0. The van der Waals surface area contributed by atoms with E-state index in [1.54, 1.807) is 0 Å². The lowest BCUT2D eigenvalue weighted by molar-refractivity contribution is -0.242. The van der Waals surface area contributed by atoms with Crippen molar-refractivity contribution in [3.05, 3.63) is 47.8 Å². The molecule has 2 amide bonds. The van der Waals surface area contributed by atoms with Crippen molar-refractivity contribution in [3.8, 4) is 5.75 Å². The minimum absolute atomic E-state index is 0.0146. The van der Waals surface area contributed by atoms with Crippen molar-refractivity contribution < 1.29 is 45.0 Å². The standard InChI is InChI=1S/C25H27F4N3O6S/c1-14(33)30-12-17-13-32(39(35,36)18-7-8-20(26)19(11-18)15-4-5-15)21-10-16(6-9-22(21)37-17)31-23(34)38-24(2,3)25(27,28)29/h6-11,15,17H,4-5,12-13H2,1-3H3,(H,30,33)(H,31,34)/t17-/m0/s1. The molecule has 0 spiro atoms. The number of halogens is 4. The maximum absolute atomic E-state index is 14.3. The van der Waals surface area contributed by atoms with Gasteiger partial charge in [0.15, 0.2) is 0 Å². The van der Waals surface area contributed by atoms with Crippen LogP contribution in [0, 0.1) is 5.82 Å². The number of benzene rings is 2. The molecule has 1 atom stereocenters. The zero-order valence-electron chi connectivity index (χ0n) is 21.3. The number of amides is 2. The summed E-state index contributed by atoms with van der Waals surface area (Å²) >= 11 is 0. The van der Waals surface area contributed by atoms with Crippen molar-refractivity contribution in [1.82, 2.24) is 5.32 Å². The van der Waals surface area contributed by atoms with Crippen LogP contribution >= 0.6 is 0 Å². The Morgan fingerprint density at radius 2 is 1.82 bits per heavy atom. The Bertz CT molecular complexity index is 1390. The molecule has 0 radical (unpaired) electrons. The van der Waals surface area contributed by atoms with E-state index < -0.39 is 39.8 Å². The Morgan fingerprint density at radius 3 is 2.44 bits per heavy atom. The first-order chi connectivity index (χ1) is 18.1. The fraction of sp³-hybridized carbons (Fsp3) is 0.440. The van der Waals surface area contributed by atoms with Gasteiger partial charge in [0.05, 0.1) is 23.7 Å². The molecule has 0 bridgehead atoms. The number of hydrogen-bond donors (Lipinski definition) is 2. The van der Waals surface area contributed by atoms with Gasteiger partial charge < -0.3 is 14.8 Å². The zero-order valence-corrected chi connectivity index (χ0v) is 22.1. The SMILES string of the molecule is CC(=O)NC[C@H]1CN(S(=O)(=O)c2ccc(F)c(C3CC3)c2)c2cc(NC(=O)OC(C)(C)C(F)(F)F)ccc2O1. The van der Waals surface area contributed by atoms with E-state index in [1.165, 1.54) is 31.2 Å². The molecule has 1 heterocycles. The molecule has 0 aromatic heterocycles. The molecule has 1 aliphatic heterocycles. The third kappa shape index (κ3) is 6.21. The lowest BCUT2D eigenvalue weighted by Crippen LogP contribution is -2.48. The number of fused-ring (bicyclic) bond motifs is 1. The Kier molecular flexibility index (Phi) is 7.45. The topological polar surface area (TPSA) is 114 Å². The molecule has 1 aliphatic carbocycles. The Labute approximate surface area is 222 Å². The van der Waals surface area contributed by atoms with Gasteiger partial charge in [0.25, 0.3) is 10.0 Å². The van der Waals surface area contributed by atoms with Gasteiger partial charge in [-0.25, -0.2) is 17.6 Å². The molecule has 0 saturated heterocycles. The molecule has 39 heavy (non-hydrogen) atoms. The summed E-state index contributed by atoms with van der Waals surface area (Å²) in [6, 6.07) is 7.38. The van der Waals surface area contributed by atoms with Crippen LogP contribution in [0.4, 0.5) is 33.7 Å². The van der Waals surface area contributed by atoms with E-state index in [0.717, 1.165) is 29.3 Å². The minimum atomic E-state index is -4.82. The third-order valence-corrected chi connectivity index (χ3v) is 8.09. The number of hydrogen-bond acceptors (Lipinski definition) is 6. The summed E-state index contributed by atoms with van der Waals surface area (Å²) in [6.07, 6.45) is -5.53. The minimum Gasteiger partial charge on any atom is -0.484 e. The van der Waals surface area contributed by atoms with Crippen molar-refractivity contribution in [2.45, 2.75) is 62.3 Å². The number of alkyl halides is 3. The number of nitrogens with one attached hydrogen (secondary N) is 2. The highest BCUT2D eigenvalue weighted by molar-refractivity contribution is 7.92. The number of anilines is 2. The maximum Gasteiger partial charge on any atom is 0.427 e. The number of nitrogens with zero attached hydrogens (tertiary/aromatic N) is 1. The summed E-state index contributed by atoms with van der Waals surface area (Å²) in [6.45, 7) is 2.41. The van der Waals surface area contributed by atoms with E-state index in [-0.39, 0.29) is 46.9 Å². The number of ether oxygens (including phenoxy) is 2. The monoisotopic (exact) mass is 573 g/mol. The van der Waals surface area contributed by atoms with Crippen LogP contribution in [0.5, 0.6) is 5.75 Å². The van der Waals surface area contributed by atoms with E-state index in [2.05, 4.69) is 15.4 Å². The first-order valence-corrected chi connectivity index (χ1v) is 13.5. The van der Waals surface area contributed by atoms with Gasteiger partial charge in [-0.05, 0) is 74.6 Å². The summed E-state index contributed by atoms with van der Waals surface area (Å²) in [5.41, 5.74) is -2.55. The van der Waals surface area contributed by atoms with Gasteiger partial charge >= 0.3 is 12.3 Å². The molecule has 1 saturated carbocycles. The van der Waals surface area contributed by atoms with Crippen molar-refractivity contribution in [1.29, 1.82) is 0 Å². The van der Waals surface area contributed by atoms with Crippen LogP contribution in [0.2, 0.25) is 0 Å². The Balaban J connectivity index is 1.67. The molecule has 212 valence electrons. The summed E-state index contributed by atoms with van der Waals surface area (Å²) in [7, 11) is -4.30. The molecular weight excluding hydrogens is 546 g/mol. The van der Waals surface area contributed by atoms with Crippen LogP contribution in [-0.2, 0) is 19.6 Å². The van der Waals surface area contributed by atoms with Crippen molar-refractivity contribution in [2.24, 2.45) is 0 Å². The first kappa shape index (κ1) is 28.5. The number of carbonyl (C=O) groups is 2. The Hall–Kier alpha value is -3.55. The number of carbonyl (C=O) groups excluding carboxylic acids is 2. The van der Waals surface area contributed by atoms with Gasteiger partial charge in [0, 0.05) is 12.6 Å². The van der Waals surface area contributed by atoms with Gasteiger partial charge in [-0.1, -0.05) is 0 Å². The van der Waals surface area contributed by atoms with Crippen LogP contribution in [0.3, 0.4) is 0 Å². The average molecular weight is 574 g/mol. The highest BCUT2D eigenvalue weighted by atomic mass is 32.2. The molecule has 2 aromatic carbocycles.